The summed E-state index contributed by atoms with van der Waals surface area (Å²) in [6, 6.07) is 9.76. The number of β-amino-alcohol motifs (C(OH)–C–C–N with tert-alkyl or cyclic N) is 1. The van der Waals surface area contributed by atoms with Crippen LogP contribution >= 0.6 is 0 Å². The molecule has 1 heterocycles. The van der Waals surface area contributed by atoms with E-state index in [1.807, 2.05) is 0 Å². The Morgan fingerprint density at radius 3 is 2.33 bits per heavy atom. The molecule has 1 fully saturated rings. The molecular formula is C28H35F4N3O7. The lowest BCUT2D eigenvalue weighted by Crippen LogP contribution is -2.54. The fraction of sp³-hybridized carbons (Fsp3) is 0.500. The highest BCUT2D eigenvalue weighted by molar-refractivity contribution is 5.79. The molecule has 14 heteroatoms. The van der Waals surface area contributed by atoms with Crippen LogP contribution in [0.1, 0.15) is 36.5 Å². The molecule has 0 unspecified atom stereocenters. The van der Waals surface area contributed by atoms with Gasteiger partial charge in [0, 0.05) is 26.2 Å². The maximum atomic E-state index is 13.3. The molecule has 0 aromatic heterocycles. The van der Waals surface area contributed by atoms with Crippen LogP contribution in [0.3, 0.4) is 0 Å². The third-order valence-corrected chi connectivity index (χ3v) is 6.59. The fourth-order valence-electron chi connectivity index (χ4n) is 4.31. The van der Waals surface area contributed by atoms with Gasteiger partial charge in [-0.3, -0.25) is 9.29 Å². The highest BCUT2D eigenvalue weighted by Crippen LogP contribution is 2.28. The number of halogens is 4. The number of amides is 2. The molecule has 0 bridgehead atoms. The van der Waals surface area contributed by atoms with E-state index in [9.17, 15) is 37.4 Å². The van der Waals surface area contributed by atoms with Crippen molar-refractivity contribution in [3.05, 3.63) is 59.7 Å². The number of ether oxygens (including phenoxy) is 2. The van der Waals surface area contributed by atoms with E-state index in [1.54, 1.807) is 29.2 Å². The summed E-state index contributed by atoms with van der Waals surface area (Å²) in [4.78, 5) is 31.4. The lowest BCUT2D eigenvalue weighted by molar-refractivity contribution is -0.239. The zero-order valence-corrected chi connectivity index (χ0v) is 23.1. The third kappa shape index (κ3) is 9.74. The molecule has 2 aromatic carbocycles. The van der Waals surface area contributed by atoms with Crippen molar-refractivity contribution >= 4 is 12.0 Å². The fourth-order valence-corrected chi connectivity index (χ4v) is 4.31. The number of carbonyl (C=O) groups excluding carboxylic acids is 2. The van der Waals surface area contributed by atoms with Crippen LogP contribution in [0.4, 0.5) is 22.4 Å². The molecule has 0 aliphatic carbocycles. The van der Waals surface area contributed by atoms with Crippen LogP contribution in [-0.4, -0.2) is 90.5 Å². The van der Waals surface area contributed by atoms with Crippen LogP contribution in [0.15, 0.2) is 48.5 Å². The Morgan fingerprint density at radius 2 is 1.76 bits per heavy atom. The molecule has 3 N–H and O–H groups in total. The zero-order chi connectivity index (χ0) is 30.7. The molecule has 232 valence electrons. The minimum absolute atomic E-state index is 0.136. The van der Waals surface area contributed by atoms with Crippen LogP contribution < -0.4 is 14.8 Å². The summed E-state index contributed by atoms with van der Waals surface area (Å²) in [5, 5.41) is 24.0. The summed E-state index contributed by atoms with van der Waals surface area (Å²) in [6.07, 6.45) is -6.52. The standard InChI is InChI=1S/C28H35F4N3O7/c1-40-22-8-4-19(5-9-22)16-33-27(39)35(42-26(38)28(30,31)32)24(18-34-14-12-21(36)17-34)25(37)20-6-10-23(11-7-20)41-15-3-2-13-29/h4-11,21,24-25,36-37H,2-3,12-18H2,1H3,(H,33,39)/t21-,24-,25+/m1/s1. The highest BCUT2D eigenvalue weighted by atomic mass is 19.4. The van der Waals surface area contributed by atoms with Gasteiger partial charge in [0.25, 0.3) is 0 Å². The van der Waals surface area contributed by atoms with Crippen LogP contribution in [0.5, 0.6) is 11.5 Å². The van der Waals surface area contributed by atoms with E-state index in [0.29, 0.717) is 42.9 Å². The summed E-state index contributed by atoms with van der Waals surface area (Å²) >= 11 is 0. The molecular weight excluding hydrogens is 566 g/mol. The summed E-state index contributed by atoms with van der Waals surface area (Å²) in [5.41, 5.74) is 0.778. The van der Waals surface area contributed by atoms with Gasteiger partial charge in [-0.25, -0.2) is 9.59 Å². The molecule has 3 atom stereocenters. The topological polar surface area (TPSA) is 121 Å². The molecule has 0 spiro atoms. The predicted octanol–water partition coefficient (Wildman–Crippen LogP) is 3.52. The lowest BCUT2D eigenvalue weighted by Gasteiger charge is -2.35. The van der Waals surface area contributed by atoms with Gasteiger partial charge in [-0.1, -0.05) is 24.3 Å². The van der Waals surface area contributed by atoms with Crippen molar-refractivity contribution in [1.29, 1.82) is 0 Å². The molecule has 1 aliphatic heterocycles. The Balaban J connectivity index is 1.86. The molecule has 2 amide bonds. The van der Waals surface area contributed by atoms with Gasteiger partial charge in [-0.15, -0.1) is 5.06 Å². The van der Waals surface area contributed by atoms with Crippen molar-refractivity contribution in [1.82, 2.24) is 15.3 Å². The summed E-state index contributed by atoms with van der Waals surface area (Å²) < 4.78 is 62.7. The quantitative estimate of drug-likeness (QED) is 0.181. The summed E-state index contributed by atoms with van der Waals surface area (Å²) in [6.45, 7) is -0.0777. The second-order valence-electron chi connectivity index (χ2n) is 9.74. The average molecular weight is 602 g/mol. The van der Waals surface area contributed by atoms with Crippen LogP contribution in [0, 0.1) is 0 Å². The minimum Gasteiger partial charge on any atom is -0.497 e. The smallest absolute Gasteiger partial charge is 0.493 e. The molecule has 3 rings (SSSR count). The van der Waals surface area contributed by atoms with Gasteiger partial charge < -0.3 is 29.8 Å². The second kappa shape index (κ2) is 15.6. The SMILES string of the molecule is COc1ccc(CNC(=O)N(OC(=O)C(F)(F)F)[C@H](CN2CC[C@@H](O)C2)[C@@H](O)c2ccc(OCCCCF)cc2)cc1. The van der Waals surface area contributed by atoms with E-state index in [0.717, 1.165) is 0 Å². The molecule has 1 saturated heterocycles. The van der Waals surface area contributed by atoms with E-state index in [1.165, 1.54) is 31.4 Å². The number of aliphatic hydroxyl groups excluding tert-OH is 2. The lowest BCUT2D eigenvalue weighted by atomic mass is 10.0. The maximum Gasteiger partial charge on any atom is 0.493 e. The summed E-state index contributed by atoms with van der Waals surface area (Å²) in [7, 11) is 1.48. The van der Waals surface area contributed by atoms with Crippen LogP contribution in [0.25, 0.3) is 0 Å². The van der Waals surface area contributed by atoms with Crippen LogP contribution in [-0.2, 0) is 16.2 Å². The molecule has 0 radical (unpaired) electrons. The number of alkyl halides is 4. The van der Waals surface area contributed by atoms with E-state index < -0.39 is 43.1 Å². The Bertz CT molecular complexity index is 1140. The highest BCUT2D eigenvalue weighted by Gasteiger charge is 2.46. The first-order valence-electron chi connectivity index (χ1n) is 13.4. The molecule has 42 heavy (non-hydrogen) atoms. The monoisotopic (exact) mass is 601 g/mol. The number of hydroxylamine groups is 2. The van der Waals surface area contributed by atoms with Gasteiger partial charge in [0.1, 0.15) is 23.6 Å². The Morgan fingerprint density at radius 1 is 1.10 bits per heavy atom. The number of nitrogens with zero attached hydrogens (tertiary/aromatic N) is 2. The number of benzene rings is 2. The molecule has 1 aliphatic rings. The van der Waals surface area contributed by atoms with Crippen molar-refractivity contribution < 1.29 is 51.7 Å². The van der Waals surface area contributed by atoms with E-state index in [2.05, 4.69) is 10.2 Å². The van der Waals surface area contributed by atoms with Gasteiger partial charge in [0.05, 0.1) is 26.5 Å². The van der Waals surface area contributed by atoms with Crippen molar-refractivity contribution in [3.8, 4) is 11.5 Å². The second-order valence-corrected chi connectivity index (χ2v) is 9.74. The van der Waals surface area contributed by atoms with Crippen LogP contribution in [0.2, 0.25) is 0 Å². The number of aliphatic hydroxyl groups is 2. The Kier molecular flexibility index (Phi) is 12.2. The number of hydrogen-bond donors (Lipinski definition) is 3. The van der Waals surface area contributed by atoms with Gasteiger partial charge in [-0.2, -0.15) is 13.2 Å². The first kappa shape index (κ1) is 32.9. The number of hydrogen-bond acceptors (Lipinski definition) is 8. The number of unbranched alkanes of at least 4 members (excludes halogenated alkanes) is 1. The van der Waals surface area contributed by atoms with Crippen molar-refractivity contribution in [3.63, 3.8) is 0 Å². The van der Waals surface area contributed by atoms with Gasteiger partial charge in [0.15, 0.2) is 0 Å². The number of methoxy groups -OCH3 is 1. The van der Waals surface area contributed by atoms with Crippen molar-refractivity contribution in [2.45, 2.75) is 50.2 Å². The first-order valence-corrected chi connectivity index (χ1v) is 13.4. The van der Waals surface area contributed by atoms with E-state index in [4.69, 9.17) is 9.47 Å². The number of urea groups is 1. The Hall–Kier alpha value is -3.62. The van der Waals surface area contributed by atoms with Gasteiger partial charge >= 0.3 is 18.2 Å². The average Bonchev–Trinajstić information content (AvgIpc) is 3.39. The maximum absolute atomic E-state index is 13.3. The normalized spacial score (nSPS) is 16.9. The predicted molar refractivity (Wildman–Crippen MR) is 142 cm³/mol. The number of likely N-dealkylation sites (tertiary alicyclic amines) is 1. The molecule has 0 saturated carbocycles. The van der Waals surface area contributed by atoms with Gasteiger partial charge in [-0.05, 0) is 54.7 Å². The summed E-state index contributed by atoms with van der Waals surface area (Å²) in [5.74, 6) is -1.67. The largest absolute Gasteiger partial charge is 0.497 e. The first-order chi connectivity index (χ1) is 20.0. The van der Waals surface area contributed by atoms with E-state index in [-0.39, 0.29) is 36.9 Å². The number of rotatable bonds is 13. The third-order valence-electron chi connectivity index (χ3n) is 6.59. The Labute approximate surface area is 240 Å². The minimum atomic E-state index is -5.42. The molecule has 10 nitrogen and oxygen atoms in total. The number of nitrogens with one attached hydrogen (secondary N) is 1. The molecule has 2 aromatic rings. The van der Waals surface area contributed by atoms with Gasteiger partial charge in [0.2, 0.25) is 0 Å². The number of carbonyl (C=O) groups is 2. The van der Waals surface area contributed by atoms with Crippen molar-refractivity contribution in [2.24, 2.45) is 0 Å². The zero-order valence-electron chi connectivity index (χ0n) is 23.1. The van der Waals surface area contributed by atoms with Crippen molar-refractivity contribution in [2.75, 3.05) is 40.0 Å². The van der Waals surface area contributed by atoms with E-state index >= 15 is 0 Å².